The van der Waals surface area contributed by atoms with E-state index in [2.05, 4.69) is 68.4 Å². The second kappa shape index (κ2) is 11.8. The highest BCUT2D eigenvalue weighted by molar-refractivity contribution is 6.59. The quantitative estimate of drug-likeness (QED) is 0.281. The number of rotatable bonds is 9. The van der Waals surface area contributed by atoms with E-state index >= 15 is 4.39 Å². The van der Waals surface area contributed by atoms with Crippen LogP contribution in [0, 0.1) is 5.82 Å². The first-order chi connectivity index (χ1) is 16.2. The largest absolute Gasteiger partial charge is 0.206 e. The Bertz CT molecular complexity index is 998. The first kappa shape index (κ1) is 23.9. The predicted octanol–water partition coefficient (Wildman–Crippen LogP) is 9.01. The molecule has 0 unspecified atom stereocenters. The number of halogens is 1. The average molecular weight is 458 g/mol. The molecule has 1 saturated heterocycles. The molecule has 0 saturated carbocycles. The summed E-state index contributed by atoms with van der Waals surface area (Å²) in [5, 5.41) is 0. The Morgan fingerprint density at radius 2 is 1.30 bits per heavy atom. The summed E-state index contributed by atoms with van der Waals surface area (Å²) < 4.78 is 15.1. The molecule has 4 rings (SSSR count). The molecule has 1 aliphatic heterocycles. The van der Waals surface area contributed by atoms with Crippen LogP contribution in [0.25, 0.3) is 11.1 Å². The van der Waals surface area contributed by atoms with Crippen molar-refractivity contribution < 1.29 is 4.39 Å². The fourth-order valence-electron chi connectivity index (χ4n) is 5.28. The van der Waals surface area contributed by atoms with E-state index in [0.29, 0.717) is 5.92 Å². The van der Waals surface area contributed by atoms with E-state index in [0.717, 1.165) is 30.4 Å². The van der Waals surface area contributed by atoms with E-state index in [1.54, 1.807) is 0 Å². The standard InChI is InChI=1S/C31H38FSi/c1-3-5-24-6-8-25(9-7-24)10-11-26-12-14-28(15-13-26)30-17-16-29(23-31(30)32)27-18-21-33(20-4-2)22-19-27/h6-9,12-17,23,27H,3-5,10-11,18-22H2,1-2H3. The van der Waals surface area contributed by atoms with Gasteiger partial charge < -0.3 is 0 Å². The van der Waals surface area contributed by atoms with E-state index in [-0.39, 0.29) is 14.6 Å². The van der Waals surface area contributed by atoms with Gasteiger partial charge in [-0.1, -0.05) is 105 Å². The Morgan fingerprint density at radius 1 is 0.727 bits per heavy atom. The summed E-state index contributed by atoms with van der Waals surface area (Å²) >= 11 is 0. The van der Waals surface area contributed by atoms with Crippen LogP contribution in [-0.4, -0.2) is 8.80 Å². The molecule has 1 aliphatic rings. The van der Waals surface area contributed by atoms with E-state index in [4.69, 9.17) is 0 Å². The molecule has 0 N–H and O–H groups in total. The Kier molecular flexibility index (Phi) is 8.55. The van der Waals surface area contributed by atoms with Crippen LogP contribution < -0.4 is 0 Å². The van der Waals surface area contributed by atoms with Gasteiger partial charge in [0.2, 0.25) is 0 Å². The molecule has 0 nitrogen and oxygen atoms in total. The first-order valence-corrected chi connectivity index (χ1v) is 15.1. The lowest BCUT2D eigenvalue weighted by molar-refractivity contribution is 0.589. The molecule has 33 heavy (non-hydrogen) atoms. The van der Waals surface area contributed by atoms with Crippen LogP contribution in [0.15, 0.2) is 66.7 Å². The summed E-state index contributed by atoms with van der Waals surface area (Å²) in [4.78, 5) is 0. The number of benzene rings is 3. The van der Waals surface area contributed by atoms with Crippen LogP contribution in [-0.2, 0) is 19.3 Å². The molecule has 0 amide bonds. The van der Waals surface area contributed by atoms with Crippen molar-refractivity contribution in [2.45, 2.75) is 82.8 Å². The molecule has 0 aliphatic carbocycles. The Hall–Kier alpha value is -2.19. The average Bonchev–Trinajstić information content (AvgIpc) is 2.85. The third-order valence-electron chi connectivity index (χ3n) is 7.29. The fourth-order valence-corrected chi connectivity index (χ4v) is 8.25. The monoisotopic (exact) mass is 457 g/mol. The zero-order valence-electron chi connectivity index (χ0n) is 20.4. The third-order valence-corrected chi connectivity index (χ3v) is 10.5. The van der Waals surface area contributed by atoms with E-state index < -0.39 is 0 Å². The van der Waals surface area contributed by atoms with Crippen LogP contribution in [0.4, 0.5) is 4.39 Å². The zero-order chi connectivity index (χ0) is 23.0. The maximum absolute atomic E-state index is 15.1. The highest BCUT2D eigenvalue weighted by Gasteiger charge is 2.23. The van der Waals surface area contributed by atoms with Crippen molar-refractivity contribution in [1.82, 2.24) is 0 Å². The second-order valence-corrected chi connectivity index (χ2v) is 12.8. The van der Waals surface area contributed by atoms with Crippen LogP contribution in [0.3, 0.4) is 0 Å². The smallest absolute Gasteiger partial charge is 0.131 e. The van der Waals surface area contributed by atoms with Crippen LogP contribution in [0.2, 0.25) is 18.1 Å². The van der Waals surface area contributed by atoms with Crippen molar-refractivity contribution in [2.24, 2.45) is 0 Å². The molecule has 1 fully saturated rings. The first-order valence-electron chi connectivity index (χ1n) is 13.0. The van der Waals surface area contributed by atoms with Crippen molar-refractivity contribution in [2.75, 3.05) is 0 Å². The highest BCUT2D eigenvalue weighted by atomic mass is 28.3. The molecule has 3 aromatic carbocycles. The minimum Gasteiger partial charge on any atom is -0.206 e. The molecule has 1 radical (unpaired) electrons. The third kappa shape index (κ3) is 6.44. The van der Waals surface area contributed by atoms with Gasteiger partial charge in [-0.2, -0.15) is 0 Å². The number of aryl methyl sites for hydroxylation is 3. The molecule has 0 spiro atoms. The van der Waals surface area contributed by atoms with Crippen molar-refractivity contribution in [3.8, 4) is 11.1 Å². The minimum absolute atomic E-state index is 0.0721. The van der Waals surface area contributed by atoms with E-state index in [1.165, 1.54) is 66.1 Å². The van der Waals surface area contributed by atoms with Gasteiger partial charge in [-0.05, 0) is 71.9 Å². The van der Waals surface area contributed by atoms with Gasteiger partial charge in [0.25, 0.3) is 0 Å². The molecule has 0 bridgehead atoms. The maximum Gasteiger partial charge on any atom is 0.131 e. The van der Waals surface area contributed by atoms with Gasteiger partial charge in [0.15, 0.2) is 0 Å². The summed E-state index contributed by atoms with van der Waals surface area (Å²) in [6.07, 6.45) is 8.23. The SMILES string of the molecule is CCCc1ccc(CCc2ccc(-c3ccc(C4CC[Si](CCC)CC4)cc3F)cc2)cc1. The molecule has 2 heteroatoms. The molecular weight excluding hydrogens is 419 g/mol. The lowest BCUT2D eigenvalue weighted by atomic mass is 9.91. The molecule has 3 aromatic rings. The topological polar surface area (TPSA) is 0 Å². The van der Waals surface area contributed by atoms with Gasteiger partial charge in [-0.25, -0.2) is 4.39 Å². The van der Waals surface area contributed by atoms with Crippen molar-refractivity contribution >= 4 is 8.80 Å². The minimum atomic E-state index is -0.124. The van der Waals surface area contributed by atoms with Gasteiger partial charge in [0.05, 0.1) is 0 Å². The molecule has 1 heterocycles. The lowest BCUT2D eigenvalue weighted by Crippen LogP contribution is -2.20. The summed E-state index contributed by atoms with van der Waals surface area (Å²) in [5.41, 5.74) is 7.01. The highest BCUT2D eigenvalue weighted by Crippen LogP contribution is 2.36. The van der Waals surface area contributed by atoms with E-state index in [9.17, 15) is 0 Å². The summed E-state index contributed by atoms with van der Waals surface area (Å²) in [7, 11) is -0.124. The Morgan fingerprint density at radius 3 is 1.85 bits per heavy atom. The fraction of sp³-hybridized carbons (Fsp3) is 0.419. The normalized spacial score (nSPS) is 15.1. The number of hydrogen-bond acceptors (Lipinski definition) is 0. The predicted molar refractivity (Wildman–Crippen MR) is 142 cm³/mol. The van der Waals surface area contributed by atoms with E-state index in [1.807, 2.05) is 12.1 Å². The van der Waals surface area contributed by atoms with Gasteiger partial charge >= 0.3 is 0 Å². The zero-order valence-corrected chi connectivity index (χ0v) is 21.4. The Balaban J connectivity index is 1.35. The molecular formula is C31H38FSi. The maximum atomic E-state index is 15.1. The van der Waals surface area contributed by atoms with Crippen LogP contribution >= 0.6 is 0 Å². The van der Waals surface area contributed by atoms with Crippen molar-refractivity contribution in [3.63, 3.8) is 0 Å². The summed E-state index contributed by atoms with van der Waals surface area (Å²) in [6, 6.07) is 27.8. The summed E-state index contributed by atoms with van der Waals surface area (Å²) in [6.45, 7) is 4.52. The summed E-state index contributed by atoms with van der Waals surface area (Å²) in [5.74, 6) is 0.481. The van der Waals surface area contributed by atoms with Crippen molar-refractivity contribution in [3.05, 3.63) is 94.8 Å². The Labute approximate surface area is 201 Å². The second-order valence-electron chi connectivity index (χ2n) is 9.78. The van der Waals surface area contributed by atoms with Gasteiger partial charge in [0, 0.05) is 14.4 Å². The lowest BCUT2D eigenvalue weighted by Gasteiger charge is -2.27. The van der Waals surface area contributed by atoms with Gasteiger partial charge in [-0.3, -0.25) is 0 Å². The number of hydrogen-bond donors (Lipinski definition) is 0. The molecule has 173 valence electrons. The van der Waals surface area contributed by atoms with Gasteiger partial charge in [-0.15, -0.1) is 0 Å². The molecule has 0 atom stereocenters. The molecule has 0 aromatic heterocycles. The van der Waals surface area contributed by atoms with Crippen LogP contribution in [0.1, 0.15) is 67.7 Å². The van der Waals surface area contributed by atoms with Gasteiger partial charge in [0.1, 0.15) is 5.82 Å². The van der Waals surface area contributed by atoms with Crippen LogP contribution in [0.5, 0.6) is 0 Å². The van der Waals surface area contributed by atoms with Crippen molar-refractivity contribution in [1.29, 1.82) is 0 Å².